The number of rotatable bonds is 3. The van der Waals surface area contributed by atoms with E-state index in [1.54, 1.807) is 18.6 Å². The third-order valence-corrected chi connectivity index (χ3v) is 5.10. The van der Waals surface area contributed by atoms with Crippen molar-refractivity contribution >= 4 is 11.9 Å². The van der Waals surface area contributed by atoms with Gasteiger partial charge in [0.2, 0.25) is 0 Å². The van der Waals surface area contributed by atoms with Crippen LogP contribution < -0.4 is 4.74 Å². The third-order valence-electron chi connectivity index (χ3n) is 5.10. The topological polar surface area (TPSA) is 115 Å². The second-order valence-corrected chi connectivity index (χ2v) is 7.96. The fraction of sp³-hybridized carbons (Fsp3) is 0.476. The Morgan fingerprint density at radius 2 is 1.97 bits per heavy atom. The molecule has 1 unspecified atom stereocenters. The summed E-state index contributed by atoms with van der Waals surface area (Å²) in [6, 6.07) is 4.11. The molecule has 2 fully saturated rings. The van der Waals surface area contributed by atoms with Gasteiger partial charge in [0.15, 0.2) is 0 Å². The van der Waals surface area contributed by atoms with Crippen molar-refractivity contribution in [2.45, 2.75) is 44.6 Å². The number of alkyl halides is 3. The molecular weight excluding hydrogens is 445 g/mol. The number of aromatic nitrogens is 3. The van der Waals surface area contributed by atoms with Gasteiger partial charge in [-0.05, 0) is 31.5 Å². The van der Waals surface area contributed by atoms with E-state index in [0.717, 1.165) is 24.1 Å². The van der Waals surface area contributed by atoms with E-state index in [1.165, 1.54) is 0 Å². The fourth-order valence-electron chi connectivity index (χ4n) is 3.58. The summed E-state index contributed by atoms with van der Waals surface area (Å²) < 4.78 is 43.7. The smallest absolute Gasteiger partial charge is 0.475 e. The lowest BCUT2D eigenvalue weighted by atomic mass is 9.84. The van der Waals surface area contributed by atoms with E-state index in [9.17, 15) is 18.0 Å². The molecule has 1 spiro atoms. The molecule has 4 heterocycles. The Kier molecular flexibility index (Phi) is 7.15. The van der Waals surface area contributed by atoms with Crippen LogP contribution in [0.3, 0.4) is 0 Å². The highest BCUT2D eigenvalue weighted by Crippen LogP contribution is 2.36. The van der Waals surface area contributed by atoms with Gasteiger partial charge < -0.3 is 19.5 Å². The summed E-state index contributed by atoms with van der Waals surface area (Å²) in [5.41, 5.74) is 2.16. The summed E-state index contributed by atoms with van der Waals surface area (Å²) in [5, 5.41) is 7.12. The number of halogens is 3. The lowest BCUT2D eigenvalue weighted by Gasteiger charge is -2.52. The van der Waals surface area contributed by atoms with Crippen LogP contribution in [-0.2, 0) is 9.53 Å². The van der Waals surface area contributed by atoms with Crippen molar-refractivity contribution in [3.05, 3.63) is 47.5 Å². The summed E-state index contributed by atoms with van der Waals surface area (Å²) in [4.78, 5) is 35.9. The number of aliphatic carboxylic acids is 1. The molecule has 2 aromatic heterocycles. The molecule has 4 rings (SSSR count). The van der Waals surface area contributed by atoms with Gasteiger partial charge in [-0.1, -0.05) is 0 Å². The van der Waals surface area contributed by atoms with E-state index >= 15 is 0 Å². The fourth-order valence-corrected chi connectivity index (χ4v) is 3.58. The zero-order chi connectivity index (χ0) is 24.2. The number of ether oxygens (including phenoxy) is 2. The molecule has 2 aliphatic rings. The Bertz CT molecular complexity index is 1010. The van der Waals surface area contributed by atoms with Gasteiger partial charge in [0.1, 0.15) is 11.7 Å². The molecule has 2 aromatic rings. The van der Waals surface area contributed by atoms with Crippen molar-refractivity contribution in [3.8, 4) is 6.01 Å². The van der Waals surface area contributed by atoms with Crippen molar-refractivity contribution in [1.82, 2.24) is 19.9 Å². The number of carboxylic acids is 1. The number of nitrogens with zero attached hydrogens (tertiary/aromatic N) is 4. The van der Waals surface area contributed by atoms with Crippen LogP contribution in [0, 0.1) is 13.8 Å². The monoisotopic (exact) mass is 468 g/mol. The standard InChI is InChI=1S/C19H22N4O3.C2HF3O2/c1-13-7-15(10-20-9-13)17(24)23-11-19(12-23)8-16(4-6-25-19)26-18-21-5-3-14(2)22-18;3-2(4,5)1(6)7/h3,5,7,9-10,16H,4,6,8,11-12H2,1-2H3;(H,6,7). The molecule has 9 nitrogen and oxygen atoms in total. The second-order valence-electron chi connectivity index (χ2n) is 7.96. The summed E-state index contributed by atoms with van der Waals surface area (Å²) >= 11 is 0. The van der Waals surface area contributed by atoms with Crippen LogP contribution >= 0.6 is 0 Å². The lowest BCUT2D eigenvalue weighted by Crippen LogP contribution is -2.67. The van der Waals surface area contributed by atoms with E-state index in [1.807, 2.05) is 30.9 Å². The second kappa shape index (κ2) is 9.69. The maximum atomic E-state index is 12.6. The molecule has 0 bridgehead atoms. The van der Waals surface area contributed by atoms with Crippen LogP contribution in [0.25, 0.3) is 0 Å². The zero-order valence-electron chi connectivity index (χ0n) is 18.0. The maximum Gasteiger partial charge on any atom is 0.490 e. The summed E-state index contributed by atoms with van der Waals surface area (Å²) in [6.07, 6.45) is 1.52. The van der Waals surface area contributed by atoms with Crippen molar-refractivity contribution in [2.24, 2.45) is 0 Å². The maximum absolute atomic E-state index is 12.6. The Hall–Kier alpha value is -3.28. The number of likely N-dealkylation sites (tertiary alicyclic amines) is 1. The number of carbonyl (C=O) groups excluding carboxylic acids is 1. The highest BCUT2D eigenvalue weighted by molar-refractivity contribution is 5.94. The number of hydrogen-bond donors (Lipinski definition) is 1. The first-order chi connectivity index (χ1) is 15.5. The molecule has 1 amide bonds. The van der Waals surface area contributed by atoms with Crippen molar-refractivity contribution < 1.29 is 37.3 Å². The molecule has 178 valence electrons. The molecule has 12 heteroatoms. The molecule has 0 radical (unpaired) electrons. The van der Waals surface area contributed by atoms with E-state index in [0.29, 0.717) is 31.3 Å². The van der Waals surface area contributed by atoms with Crippen LogP contribution in [0.15, 0.2) is 30.7 Å². The lowest BCUT2D eigenvalue weighted by molar-refractivity contribution is -0.192. The number of pyridine rings is 1. The minimum absolute atomic E-state index is 0.000448. The third kappa shape index (κ3) is 6.37. The molecular formula is C21H23F3N4O5. The van der Waals surface area contributed by atoms with E-state index < -0.39 is 12.1 Å². The number of aryl methyl sites for hydroxylation is 2. The predicted molar refractivity (Wildman–Crippen MR) is 108 cm³/mol. The minimum atomic E-state index is -5.08. The van der Waals surface area contributed by atoms with Crippen LogP contribution in [0.4, 0.5) is 13.2 Å². The van der Waals surface area contributed by atoms with E-state index in [4.69, 9.17) is 19.4 Å². The first-order valence-corrected chi connectivity index (χ1v) is 10.1. The molecule has 2 aliphatic heterocycles. The van der Waals surface area contributed by atoms with Gasteiger partial charge in [-0.25, -0.2) is 14.8 Å². The van der Waals surface area contributed by atoms with Gasteiger partial charge in [-0.15, -0.1) is 0 Å². The zero-order valence-corrected chi connectivity index (χ0v) is 18.0. The quantitative estimate of drug-likeness (QED) is 0.731. The van der Waals surface area contributed by atoms with Crippen LogP contribution in [0.2, 0.25) is 0 Å². The van der Waals surface area contributed by atoms with Crippen LogP contribution in [-0.4, -0.2) is 74.4 Å². The molecule has 0 saturated carbocycles. The molecule has 33 heavy (non-hydrogen) atoms. The Labute approximate surface area is 187 Å². The summed E-state index contributed by atoms with van der Waals surface area (Å²) in [6.45, 7) is 5.61. The van der Waals surface area contributed by atoms with Gasteiger partial charge in [0.05, 0.1) is 25.3 Å². The predicted octanol–water partition coefficient (Wildman–Crippen LogP) is 2.57. The Balaban J connectivity index is 0.000000383. The molecule has 1 atom stereocenters. The number of carbonyl (C=O) groups is 2. The highest BCUT2D eigenvalue weighted by Gasteiger charge is 2.50. The average molecular weight is 468 g/mol. The van der Waals surface area contributed by atoms with E-state index in [-0.39, 0.29) is 17.6 Å². The minimum Gasteiger partial charge on any atom is -0.475 e. The van der Waals surface area contributed by atoms with Gasteiger partial charge >= 0.3 is 18.2 Å². The first-order valence-electron chi connectivity index (χ1n) is 10.1. The largest absolute Gasteiger partial charge is 0.490 e. The van der Waals surface area contributed by atoms with Crippen LogP contribution in [0.5, 0.6) is 6.01 Å². The SMILES string of the molecule is Cc1cncc(C(=O)N2CC3(CC(Oc4nccc(C)n4)CCO3)C2)c1.O=C(O)C(F)(F)F. The molecule has 1 N–H and O–H groups in total. The van der Waals surface area contributed by atoms with E-state index in [2.05, 4.69) is 15.0 Å². The molecule has 2 saturated heterocycles. The van der Waals surface area contributed by atoms with Gasteiger partial charge in [-0.2, -0.15) is 13.2 Å². The van der Waals surface area contributed by atoms with Gasteiger partial charge in [-0.3, -0.25) is 9.78 Å². The van der Waals surface area contributed by atoms with Crippen molar-refractivity contribution in [3.63, 3.8) is 0 Å². The normalized spacial score (nSPS) is 19.2. The van der Waals surface area contributed by atoms with Crippen LogP contribution in [0.1, 0.15) is 34.5 Å². The number of hydrogen-bond acceptors (Lipinski definition) is 7. The Morgan fingerprint density at radius 1 is 1.27 bits per heavy atom. The van der Waals surface area contributed by atoms with Crippen molar-refractivity contribution in [1.29, 1.82) is 0 Å². The average Bonchev–Trinajstić information content (AvgIpc) is 2.71. The summed E-state index contributed by atoms with van der Waals surface area (Å²) in [7, 11) is 0. The Morgan fingerprint density at radius 3 is 2.58 bits per heavy atom. The van der Waals surface area contributed by atoms with Gasteiger partial charge in [0, 0.05) is 37.1 Å². The number of amides is 1. The highest BCUT2D eigenvalue weighted by atomic mass is 19.4. The molecule has 0 aromatic carbocycles. The summed E-state index contributed by atoms with van der Waals surface area (Å²) in [5.74, 6) is -2.76. The van der Waals surface area contributed by atoms with Gasteiger partial charge in [0.25, 0.3) is 5.91 Å². The van der Waals surface area contributed by atoms with Crippen molar-refractivity contribution in [2.75, 3.05) is 19.7 Å². The molecule has 0 aliphatic carbocycles. The number of carboxylic acid groups (broad SMARTS) is 1. The first kappa shape index (κ1) is 24.4.